The van der Waals surface area contributed by atoms with Gasteiger partial charge in [-0.1, -0.05) is 24.3 Å². The van der Waals surface area contributed by atoms with E-state index in [4.69, 9.17) is 9.31 Å². The first-order valence-corrected chi connectivity index (χ1v) is 8.21. The second-order valence-corrected chi connectivity index (χ2v) is 7.45. The van der Waals surface area contributed by atoms with E-state index < -0.39 is 6.10 Å². The maximum Gasteiger partial charge on any atom is 0.494 e. The molecule has 1 aliphatic rings. The average molecular weight is 317 g/mol. The summed E-state index contributed by atoms with van der Waals surface area (Å²) in [6.07, 6.45) is 1.01. The number of rotatable bonds is 3. The summed E-state index contributed by atoms with van der Waals surface area (Å²) in [5.41, 5.74) is 1.07. The quantitative estimate of drug-likeness (QED) is 0.884. The minimum Gasteiger partial charge on any atom is -0.399 e. The Morgan fingerprint density at radius 2 is 1.68 bits per heavy atom. The van der Waals surface area contributed by atoms with Gasteiger partial charge < -0.3 is 14.4 Å². The van der Waals surface area contributed by atoms with Gasteiger partial charge in [-0.05, 0) is 38.7 Å². The van der Waals surface area contributed by atoms with Gasteiger partial charge in [0.1, 0.15) is 11.1 Å². The van der Waals surface area contributed by atoms with E-state index in [-0.39, 0.29) is 18.3 Å². The highest BCUT2D eigenvalue weighted by molar-refractivity contribution is 7.09. The number of nitrogens with zero attached hydrogens (tertiary/aromatic N) is 1. The highest BCUT2D eigenvalue weighted by Crippen LogP contribution is 2.36. The first-order chi connectivity index (χ1) is 10.3. The molecule has 0 saturated carbocycles. The Morgan fingerprint density at radius 1 is 1.09 bits per heavy atom. The maximum absolute atomic E-state index is 10.3. The predicted molar refractivity (Wildman–Crippen MR) is 88.3 cm³/mol. The zero-order valence-corrected chi connectivity index (χ0v) is 14.1. The second kappa shape index (κ2) is 5.46. The minimum absolute atomic E-state index is 0.350. The molecule has 1 saturated heterocycles. The van der Waals surface area contributed by atoms with Gasteiger partial charge in [-0.15, -0.1) is 11.3 Å². The molecule has 2 heterocycles. The molecule has 0 unspecified atom stereocenters. The fourth-order valence-electron chi connectivity index (χ4n) is 2.33. The second-order valence-electron chi connectivity index (χ2n) is 6.53. The van der Waals surface area contributed by atoms with E-state index in [0.717, 1.165) is 11.0 Å². The van der Waals surface area contributed by atoms with Crippen LogP contribution in [0.4, 0.5) is 0 Å². The van der Waals surface area contributed by atoms with E-state index in [1.54, 1.807) is 6.20 Å². The standard InChI is InChI=1S/C16H20BNO3S/c1-15(2)16(3,4)21-17(20-15)12-7-5-11(6-8-12)13(19)14-18-9-10-22-14/h5-10,13,19H,1-4H3/t13-/m0/s1. The Kier molecular flexibility index (Phi) is 3.89. The summed E-state index contributed by atoms with van der Waals surface area (Å²) in [6, 6.07) is 7.67. The molecule has 1 aromatic heterocycles. The van der Waals surface area contributed by atoms with Crippen LogP contribution in [0.3, 0.4) is 0 Å². The Bertz CT molecular complexity index is 624. The van der Waals surface area contributed by atoms with Crippen LogP contribution < -0.4 is 5.46 Å². The van der Waals surface area contributed by atoms with Crippen LogP contribution in [0.2, 0.25) is 0 Å². The van der Waals surface area contributed by atoms with Crippen molar-refractivity contribution < 1.29 is 14.4 Å². The van der Waals surface area contributed by atoms with Crippen molar-refractivity contribution in [2.24, 2.45) is 0 Å². The zero-order chi connectivity index (χ0) is 16.0. The summed E-state index contributed by atoms with van der Waals surface area (Å²) in [7, 11) is -0.379. The lowest BCUT2D eigenvalue weighted by Gasteiger charge is -2.32. The van der Waals surface area contributed by atoms with Crippen LogP contribution in [0.5, 0.6) is 0 Å². The van der Waals surface area contributed by atoms with Gasteiger partial charge in [-0.2, -0.15) is 0 Å². The summed E-state index contributed by atoms with van der Waals surface area (Å²) in [4.78, 5) is 4.15. The summed E-state index contributed by atoms with van der Waals surface area (Å²) in [5, 5.41) is 12.8. The number of aliphatic hydroxyl groups excluding tert-OH is 1. The van der Waals surface area contributed by atoms with Gasteiger partial charge in [-0.3, -0.25) is 0 Å². The predicted octanol–water partition coefficient (Wildman–Crippen LogP) is 2.52. The first kappa shape index (κ1) is 15.7. The van der Waals surface area contributed by atoms with E-state index in [1.807, 2.05) is 57.3 Å². The lowest BCUT2D eigenvalue weighted by Crippen LogP contribution is -2.41. The molecule has 3 rings (SSSR count). The van der Waals surface area contributed by atoms with E-state index in [1.165, 1.54) is 11.3 Å². The lowest BCUT2D eigenvalue weighted by atomic mass is 9.78. The van der Waals surface area contributed by atoms with E-state index in [0.29, 0.717) is 5.01 Å². The molecule has 2 aromatic rings. The molecule has 4 nitrogen and oxygen atoms in total. The van der Waals surface area contributed by atoms with Gasteiger partial charge in [0.25, 0.3) is 0 Å². The average Bonchev–Trinajstić information content (AvgIpc) is 3.05. The molecular formula is C16H20BNO3S. The number of hydrogen-bond acceptors (Lipinski definition) is 5. The van der Waals surface area contributed by atoms with Gasteiger partial charge in [-0.25, -0.2) is 4.98 Å². The minimum atomic E-state index is -0.688. The molecule has 0 radical (unpaired) electrons. The van der Waals surface area contributed by atoms with Crippen molar-refractivity contribution in [1.29, 1.82) is 0 Å². The number of hydrogen-bond donors (Lipinski definition) is 1. The van der Waals surface area contributed by atoms with Gasteiger partial charge in [0.05, 0.1) is 11.2 Å². The molecule has 0 spiro atoms. The molecule has 1 fully saturated rings. The van der Waals surface area contributed by atoms with Crippen LogP contribution in [0.15, 0.2) is 35.8 Å². The molecule has 6 heteroatoms. The van der Waals surface area contributed by atoms with Gasteiger partial charge >= 0.3 is 7.12 Å². The number of aromatic nitrogens is 1. The largest absolute Gasteiger partial charge is 0.494 e. The zero-order valence-electron chi connectivity index (χ0n) is 13.2. The number of aliphatic hydroxyl groups is 1. The highest BCUT2D eigenvalue weighted by Gasteiger charge is 2.51. The summed E-state index contributed by atoms with van der Waals surface area (Å²) in [6.45, 7) is 8.14. The molecule has 116 valence electrons. The molecule has 1 aromatic carbocycles. The summed E-state index contributed by atoms with van der Waals surface area (Å²) >= 11 is 1.44. The number of benzene rings is 1. The molecule has 1 atom stereocenters. The molecule has 1 N–H and O–H groups in total. The van der Waals surface area contributed by atoms with Crippen LogP contribution in [0.1, 0.15) is 44.4 Å². The maximum atomic E-state index is 10.3. The fourth-order valence-corrected chi connectivity index (χ4v) is 2.97. The van der Waals surface area contributed by atoms with E-state index in [2.05, 4.69) is 4.98 Å². The lowest BCUT2D eigenvalue weighted by molar-refractivity contribution is 0.00578. The molecule has 0 bridgehead atoms. The Morgan fingerprint density at radius 3 is 2.18 bits per heavy atom. The third kappa shape index (κ3) is 2.72. The first-order valence-electron chi connectivity index (χ1n) is 7.33. The Labute approximate surface area is 135 Å². The molecule has 0 aliphatic carbocycles. The highest BCUT2D eigenvalue weighted by atomic mass is 32.1. The van der Waals surface area contributed by atoms with Crippen LogP contribution >= 0.6 is 11.3 Å². The van der Waals surface area contributed by atoms with Gasteiger partial charge in [0.2, 0.25) is 0 Å². The van der Waals surface area contributed by atoms with Crippen molar-refractivity contribution in [3.05, 3.63) is 46.4 Å². The van der Waals surface area contributed by atoms with Gasteiger partial charge in [0, 0.05) is 11.6 Å². The van der Waals surface area contributed by atoms with Crippen molar-refractivity contribution in [3.8, 4) is 0 Å². The summed E-state index contributed by atoms with van der Waals surface area (Å²) in [5.74, 6) is 0. The van der Waals surface area contributed by atoms with Crippen LogP contribution in [0, 0.1) is 0 Å². The smallest absolute Gasteiger partial charge is 0.399 e. The van der Waals surface area contributed by atoms with E-state index >= 15 is 0 Å². The van der Waals surface area contributed by atoms with Crippen molar-refractivity contribution >= 4 is 23.9 Å². The van der Waals surface area contributed by atoms with Crippen molar-refractivity contribution in [2.45, 2.75) is 45.0 Å². The van der Waals surface area contributed by atoms with Crippen LogP contribution in [-0.2, 0) is 9.31 Å². The normalized spacial score (nSPS) is 21.0. The SMILES string of the molecule is CC1(C)OB(c2ccc([C@H](O)c3nccs3)cc2)OC1(C)C. The fraction of sp³-hybridized carbons (Fsp3) is 0.438. The Hall–Kier alpha value is -1.21. The number of thiazole rings is 1. The van der Waals surface area contributed by atoms with Crippen LogP contribution in [0.25, 0.3) is 0 Å². The van der Waals surface area contributed by atoms with Crippen molar-refractivity contribution in [3.63, 3.8) is 0 Å². The topological polar surface area (TPSA) is 51.6 Å². The monoisotopic (exact) mass is 317 g/mol. The molecule has 1 aliphatic heterocycles. The third-order valence-electron chi connectivity index (χ3n) is 4.46. The molecule has 0 amide bonds. The van der Waals surface area contributed by atoms with Crippen molar-refractivity contribution in [2.75, 3.05) is 0 Å². The van der Waals surface area contributed by atoms with Crippen LogP contribution in [-0.4, -0.2) is 28.4 Å². The van der Waals surface area contributed by atoms with Gasteiger partial charge in [0.15, 0.2) is 0 Å². The summed E-state index contributed by atoms with van der Waals surface area (Å²) < 4.78 is 12.1. The van der Waals surface area contributed by atoms with Crippen molar-refractivity contribution in [1.82, 2.24) is 4.98 Å². The third-order valence-corrected chi connectivity index (χ3v) is 5.29. The Balaban J connectivity index is 1.78. The molecule has 22 heavy (non-hydrogen) atoms. The van der Waals surface area contributed by atoms with E-state index in [9.17, 15) is 5.11 Å². The molecular weight excluding hydrogens is 297 g/mol.